The summed E-state index contributed by atoms with van der Waals surface area (Å²) in [4.78, 5) is 21.9. The van der Waals surface area contributed by atoms with Crippen molar-refractivity contribution >= 4 is 69.2 Å². The number of hydrogen-bond donors (Lipinski definition) is 2. The number of nitro benzene ring substituents is 2. The summed E-state index contributed by atoms with van der Waals surface area (Å²) in [7, 11) is 0. The monoisotopic (exact) mass is 858 g/mol. The Kier molecular flexibility index (Phi) is 13.6. The van der Waals surface area contributed by atoms with Gasteiger partial charge in [-0.3, -0.25) is 20.2 Å². The standard InChI is InChI=1S/C32H20Cl4F6N4O9/c33-21-9-15(31(37,38)39)10-22(34)29(21)54-17-1-3-27(45(49)50)19(13-17)25(43-47)5-7-53-8-6-26(44-48)20-14-18(2-4-28(20)46(51)52)55-30-23(35)11-16(12-24(30)36)32(40,41)42/h1-4,9-14,47-48H,5-8H2. The molecule has 0 radical (unpaired) electrons. The molecule has 292 valence electrons. The van der Waals surface area contributed by atoms with E-state index in [-0.39, 0.29) is 60.1 Å². The molecule has 2 N–H and O–H groups in total. The quantitative estimate of drug-likeness (QED) is 0.0311. The van der Waals surface area contributed by atoms with E-state index in [9.17, 15) is 57.0 Å². The Bertz CT molecular complexity index is 1990. The molecule has 0 aliphatic heterocycles. The Hall–Kier alpha value is -5.08. The molecule has 4 aromatic rings. The Morgan fingerprint density at radius 3 is 1.22 bits per heavy atom. The van der Waals surface area contributed by atoms with Crippen molar-refractivity contribution in [2.24, 2.45) is 10.3 Å². The number of ether oxygens (including phenoxy) is 3. The van der Waals surface area contributed by atoms with Gasteiger partial charge in [0.15, 0.2) is 11.5 Å². The van der Waals surface area contributed by atoms with Gasteiger partial charge in [0.05, 0.1) is 76.8 Å². The first-order valence-electron chi connectivity index (χ1n) is 14.8. The Balaban J connectivity index is 1.47. The molecule has 0 fully saturated rings. The number of halogens is 10. The van der Waals surface area contributed by atoms with Crippen LogP contribution in [0.15, 0.2) is 71.0 Å². The number of rotatable bonds is 14. The van der Waals surface area contributed by atoms with E-state index in [2.05, 4.69) is 10.3 Å². The largest absolute Gasteiger partial charge is 0.454 e. The molecule has 0 atom stereocenters. The van der Waals surface area contributed by atoms with Crippen LogP contribution in [0.1, 0.15) is 35.1 Å². The Morgan fingerprint density at radius 2 is 0.945 bits per heavy atom. The van der Waals surface area contributed by atoms with Crippen molar-refractivity contribution in [2.45, 2.75) is 25.2 Å². The second-order valence-corrected chi connectivity index (χ2v) is 12.4. The number of nitro groups is 2. The van der Waals surface area contributed by atoms with Crippen LogP contribution in [-0.4, -0.2) is 44.9 Å². The van der Waals surface area contributed by atoms with E-state index in [0.717, 1.165) is 36.4 Å². The van der Waals surface area contributed by atoms with E-state index < -0.39 is 76.3 Å². The van der Waals surface area contributed by atoms with Gasteiger partial charge in [0.1, 0.15) is 11.5 Å². The first kappa shape index (κ1) is 42.7. The smallest absolute Gasteiger partial charge is 0.416 e. The van der Waals surface area contributed by atoms with Crippen molar-refractivity contribution in [2.75, 3.05) is 13.2 Å². The topological polar surface area (TPSA) is 179 Å². The summed E-state index contributed by atoms with van der Waals surface area (Å²) in [6, 6.07) is 8.50. The zero-order chi connectivity index (χ0) is 40.8. The van der Waals surface area contributed by atoms with Crippen molar-refractivity contribution in [3.8, 4) is 23.0 Å². The molecule has 0 aliphatic carbocycles. The van der Waals surface area contributed by atoms with Crippen LogP contribution in [0.4, 0.5) is 37.7 Å². The van der Waals surface area contributed by atoms with Gasteiger partial charge in [-0.1, -0.05) is 56.7 Å². The van der Waals surface area contributed by atoms with E-state index in [1.165, 1.54) is 0 Å². The van der Waals surface area contributed by atoms with Gasteiger partial charge in [-0.05, 0) is 48.5 Å². The number of oxime groups is 2. The highest BCUT2D eigenvalue weighted by Crippen LogP contribution is 2.44. The van der Waals surface area contributed by atoms with Crippen molar-refractivity contribution in [1.29, 1.82) is 0 Å². The summed E-state index contributed by atoms with van der Waals surface area (Å²) >= 11 is 23.9. The van der Waals surface area contributed by atoms with Gasteiger partial charge in [-0.15, -0.1) is 0 Å². The average molecular weight is 860 g/mol. The zero-order valence-corrected chi connectivity index (χ0v) is 29.9. The molecule has 0 saturated carbocycles. The van der Waals surface area contributed by atoms with Crippen molar-refractivity contribution < 1.29 is 60.8 Å². The predicted octanol–water partition coefficient (Wildman–Crippen LogP) is 11.6. The van der Waals surface area contributed by atoms with Gasteiger partial charge < -0.3 is 24.6 Å². The highest BCUT2D eigenvalue weighted by Gasteiger charge is 2.34. The van der Waals surface area contributed by atoms with E-state index >= 15 is 0 Å². The first-order chi connectivity index (χ1) is 25.7. The normalized spacial score (nSPS) is 12.5. The van der Waals surface area contributed by atoms with Crippen LogP contribution in [0, 0.1) is 20.2 Å². The summed E-state index contributed by atoms with van der Waals surface area (Å²) < 4.78 is 95.3. The van der Waals surface area contributed by atoms with E-state index in [0.29, 0.717) is 24.3 Å². The second-order valence-electron chi connectivity index (χ2n) is 10.8. The Labute approximate surface area is 324 Å². The van der Waals surface area contributed by atoms with Gasteiger partial charge in [-0.25, -0.2) is 0 Å². The molecule has 4 aromatic carbocycles. The molecule has 55 heavy (non-hydrogen) atoms. The van der Waals surface area contributed by atoms with Crippen LogP contribution in [0.25, 0.3) is 0 Å². The van der Waals surface area contributed by atoms with Gasteiger partial charge in [-0.2, -0.15) is 26.3 Å². The lowest BCUT2D eigenvalue weighted by molar-refractivity contribution is -0.385. The second kappa shape index (κ2) is 17.6. The molecular formula is C32H20Cl4F6N4O9. The number of alkyl halides is 6. The summed E-state index contributed by atoms with van der Waals surface area (Å²) in [5, 5.41) is 47.1. The van der Waals surface area contributed by atoms with Gasteiger partial charge in [0, 0.05) is 25.0 Å². The minimum atomic E-state index is -4.77. The molecule has 4 rings (SSSR count). The fraction of sp³-hybridized carbons (Fsp3) is 0.188. The number of nitrogens with zero attached hydrogens (tertiary/aromatic N) is 4. The molecule has 0 unspecified atom stereocenters. The third-order valence-corrected chi connectivity index (χ3v) is 8.37. The lowest BCUT2D eigenvalue weighted by Crippen LogP contribution is -2.12. The van der Waals surface area contributed by atoms with Crippen LogP contribution < -0.4 is 9.47 Å². The minimum Gasteiger partial charge on any atom is -0.454 e. The molecule has 23 heteroatoms. The highest BCUT2D eigenvalue weighted by molar-refractivity contribution is 6.38. The van der Waals surface area contributed by atoms with E-state index in [4.69, 9.17) is 60.6 Å². The lowest BCUT2D eigenvalue weighted by Gasteiger charge is -2.14. The maximum atomic E-state index is 13.1. The SMILES string of the molecule is O=[N+]([O-])c1ccc(Oc2c(Cl)cc(C(F)(F)F)cc2Cl)cc1C(CCOCCC(=NO)c1cc(Oc2c(Cl)cc(C(F)(F)F)cc2Cl)ccc1[N+](=O)[O-])=NO. The highest BCUT2D eigenvalue weighted by atomic mass is 35.5. The Morgan fingerprint density at radius 1 is 0.618 bits per heavy atom. The zero-order valence-electron chi connectivity index (χ0n) is 26.9. The maximum absolute atomic E-state index is 13.1. The fourth-order valence-electron chi connectivity index (χ4n) is 4.73. The predicted molar refractivity (Wildman–Crippen MR) is 186 cm³/mol. The molecule has 0 saturated heterocycles. The van der Waals surface area contributed by atoms with Gasteiger partial charge in [0.2, 0.25) is 0 Å². The van der Waals surface area contributed by atoms with E-state index in [1.807, 2.05) is 0 Å². The van der Waals surface area contributed by atoms with Gasteiger partial charge in [0.25, 0.3) is 11.4 Å². The number of benzene rings is 4. The van der Waals surface area contributed by atoms with Crippen molar-refractivity contribution in [1.82, 2.24) is 0 Å². The molecule has 13 nitrogen and oxygen atoms in total. The summed E-state index contributed by atoms with van der Waals surface area (Å²) in [5.41, 5.74) is -4.62. The molecular weight excluding hydrogens is 840 g/mol. The lowest BCUT2D eigenvalue weighted by atomic mass is 10.0. The van der Waals surface area contributed by atoms with Crippen LogP contribution in [0.5, 0.6) is 23.0 Å². The molecule has 0 heterocycles. The molecule has 0 bridgehead atoms. The molecule has 0 aliphatic rings. The first-order valence-corrected chi connectivity index (χ1v) is 16.3. The van der Waals surface area contributed by atoms with Gasteiger partial charge >= 0.3 is 12.4 Å². The van der Waals surface area contributed by atoms with Crippen molar-refractivity contribution in [3.63, 3.8) is 0 Å². The van der Waals surface area contributed by atoms with Crippen molar-refractivity contribution in [3.05, 3.63) is 123 Å². The third-order valence-electron chi connectivity index (χ3n) is 7.25. The fourth-order valence-corrected chi connectivity index (χ4v) is 5.86. The summed E-state index contributed by atoms with van der Waals surface area (Å²) in [5.74, 6) is -1.17. The number of hydrogen-bond acceptors (Lipinski definition) is 11. The average Bonchev–Trinajstić information content (AvgIpc) is 3.10. The molecule has 0 spiro atoms. The summed E-state index contributed by atoms with van der Waals surface area (Å²) in [6.07, 6.45) is -10.1. The molecule has 0 amide bonds. The summed E-state index contributed by atoms with van der Waals surface area (Å²) in [6.45, 7) is -0.597. The van der Waals surface area contributed by atoms with Crippen LogP contribution in [-0.2, 0) is 17.1 Å². The van der Waals surface area contributed by atoms with Crippen LogP contribution >= 0.6 is 46.4 Å². The third kappa shape index (κ3) is 10.6. The van der Waals surface area contributed by atoms with E-state index in [1.54, 1.807) is 0 Å². The molecule has 0 aromatic heterocycles. The van der Waals surface area contributed by atoms with Crippen LogP contribution in [0.3, 0.4) is 0 Å². The van der Waals surface area contributed by atoms with Crippen LogP contribution in [0.2, 0.25) is 20.1 Å². The maximum Gasteiger partial charge on any atom is 0.416 e. The minimum absolute atomic E-state index is 0.189.